The van der Waals surface area contributed by atoms with Crippen LogP contribution in [0.3, 0.4) is 0 Å². The van der Waals surface area contributed by atoms with Crippen LogP contribution in [0, 0.1) is 23.7 Å². The monoisotopic (exact) mass is 154 g/mol. The molecule has 64 valence electrons. The summed E-state index contributed by atoms with van der Waals surface area (Å²) < 4.78 is 5.54. The van der Waals surface area contributed by atoms with Gasteiger partial charge in [0, 0.05) is 13.2 Å². The minimum absolute atomic E-state index is 0.872. The lowest BCUT2D eigenvalue weighted by Gasteiger charge is -2.32. The van der Waals surface area contributed by atoms with Crippen molar-refractivity contribution in [2.45, 2.75) is 26.7 Å². The Kier molecular flexibility index (Phi) is 1.92. The molecule has 0 aromatic carbocycles. The van der Waals surface area contributed by atoms with Gasteiger partial charge in [-0.05, 0) is 36.5 Å². The van der Waals surface area contributed by atoms with Gasteiger partial charge in [0.15, 0.2) is 0 Å². The zero-order valence-electron chi connectivity index (χ0n) is 7.55. The van der Waals surface area contributed by atoms with Crippen molar-refractivity contribution in [1.29, 1.82) is 0 Å². The zero-order valence-corrected chi connectivity index (χ0v) is 7.55. The number of fused-ring (bicyclic) bond motifs is 2. The number of hydrogen-bond acceptors (Lipinski definition) is 1. The van der Waals surface area contributed by atoms with E-state index in [2.05, 4.69) is 13.8 Å². The maximum absolute atomic E-state index is 5.54. The molecule has 0 amide bonds. The molecule has 1 unspecified atom stereocenters. The molecule has 2 rings (SSSR count). The Balaban J connectivity index is 2.09. The third-order valence-electron chi connectivity index (χ3n) is 3.43. The van der Waals surface area contributed by atoms with Crippen molar-refractivity contribution in [2.24, 2.45) is 23.7 Å². The highest BCUT2D eigenvalue weighted by molar-refractivity contribution is 4.89. The average Bonchev–Trinajstić information content (AvgIpc) is 2.23. The van der Waals surface area contributed by atoms with Crippen molar-refractivity contribution in [3.63, 3.8) is 0 Å². The van der Waals surface area contributed by atoms with Crippen LogP contribution in [0.1, 0.15) is 26.7 Å². The molecule has 2 aliphatic rings. The fraction of sp³-hybridized carbons (Fsp3) is 1.00. The maximum atomic E-state index is 5.54. The third-order valence-corrected chi connectivity index (χ3v) is 3.43. The topological polar surface area (TPSA) is 9.23 Å². The van der Waals surface area contributed by atoms with E-state index in [1.807, 2.05) is 0 Å². The largest absolute Gasteiger partial charge is 0.381 e. The number of ether oxygens (including phenoxy) is 1. The van der Waals surface area contributed by atoms with Crippen molar-refractivity contribution in [2.75, 3.05) is 13.2 Å². The first-order valence-corrected chi connectivity index (χ1v) is 4.87. The van der Waals surface area contributed by atoms with E-state index >= 15 is 0 Å². The average molecular weight is 154 g/mol. The van der Waals surface area contributed by atoms with Crippen molar-refractivity contribution in [3.8, 4) is 0 Å². The molecule has 11 heavy (non-hydrogen) atoms. The Labute approximate surface area is 69.1 Å². The molecular formula is C10H18O. The normalized spacial score (nSPS) is 43.4. The summed E-state index contributed by atoms with van der Waals surface area (Å²) in [5.74, 6) is 3.64. The van der Waals surface area contributed by atoms with Crippen LogP contribution in [-0.2, 0) is 4.74 Å². The summed E-state index contributed by atoms with van der Waals surface area (Å²) in [4.78, 5) is 0. The van der Waals surface area contributed by atoms with Crippen LogP contribution in [0.5, 0.6) is 0 Å². The van der Waals surface area contributed by atoms with Gasteiger partial charge in [-0.2, -0.15) is 0 Å². The van der Waals surface area contributed by atoms with Crippen LogP contribution in [0.2, 0.25) is 0 Å². The molecule has 0 aromatic rings. The van der Waals surface area contributed by atoms with Gasteiger partial charge in [0.1, 0.15) is 0 Å². The predicted octanol–water partition coefficient (Wildman–Crippen LogP) is 2.32. The summed E-state index contributed by atoms with van der Waals surface area (Å²) in [6.45, 7) is 6.81. The molecule has 1 heteroatoms. The van der Waals surface area contributed by atoms with Gasteiger partial charge in [-0.15, -0.1) is 0 Å². The molecule has 1 saturated carbocycles. The predicted molar refractivity (Wildman–Crippen MR) is 45.4 cm³/mol. The first kappa shape index (κ1) is 7.60. The molecule has 1 aliphatic heterocycles. The van der Waals surface area contributed by atoms with E-state index in [0.717, 1.165) is 36.9 Å². The van der Waals surface area contributed by atoms with E-state index in [1.54, 1.807) is 0 Å². The summed E-state index contributed by atoms with van der Waals surface area (Å²) in [6, 6.07) is 0. The molecule has 0 N–H and O–H groups in total. The quantitative estimate of drug-likeness (QED) is 0.563. The standard InChI is InChI=1S/C10H18O/c1-7(2)10-8-3-4-9(10)6-11-5-8/h7-10H,3-6H2,1-2H3/t8-,9+,10?. The summed E-state index contributed by atoms with van der Waals surface area (Å²) in [5.41, 5.74) is 0. The molecule has 0 spiro atoms. The van der Waals surface area contributed by atoms with Crippen LogP contribution in [-0.4, -0.2) is 13.2 Å². The van der Waals surface area contributed by atoms with Gasteiger partial charge in [0.25, 0.3) is 0 Å². The van der Waals surface area contributed by atoms with Crippen molar-refractivity contribution < 1.29 is 4.74 Å². The Morgan fingerprint density at radius 2 is 1.64 bits per heavy atom. The van der Waals surface area contributed by atoms with Gasteiger partial charge in [0.05, 0.1) is 0 Å². The first-order valence-electron chi connectivity index (χ1n) is 4.87. The highest BCUT2D eigenvalue weighted by Crippen LogP contribution is 2.44. The highest BCUT2D eigenvalue weighted by atomic mass is 16.5. The van der Waals surface area contributed by atoms with Gasteiger partial charge in [-0.3, -0.25) is 0 Å². The van der Waals surface area contributed by atoms with E-state index in [1.165, 1.54) is 12.8 Å². The SMILES string of the molecule is CC(C)C1[C@@H]2CC[C@H]1COC2. The number of hydrogen-bond donors (Lipinski definition) is 0. The van der Waals surface area contributed by atoms with E-state index in [-0.39, 0.29) is 0 Å². The molecule has 1 heterocycles. The van der Waals surface area contributed by atoms with Crippen LogP contribution < -0.4 is 0 Å². The smallest absolute Gasteiger partial charge is 0.0497 e. The minimum Gasteiger partial charge on any atom is -0.381 e. The minimum atomic E-state index is 0.872. The Morgan fingerprint density at radius 1 is 1.09 bits per heavy atom. The summed E-state index contributed by atoms with van der Waals surface area (Å²) in [7, 11) is 0. The molecular weight excluding hydrogens is 136 g/mol. The van der Waals surface area contributed by atoms with Gasteiger partial charge in [-0.25, -0.2) is 0 Å². The lowest BCUT2D eigenvalue weighted by Crippen LogP contribution is -2.32. The number of rotatable bonds is 1. The van der Waals surface area contributed by atoms with Gasteiger partial charge >= 0.3 is 0 Å². The van der Waals surface area contributed by atoms with E-state index in [9.17, 15) is 0 Å². The van der Waals surface area contributed by atoms with E-state index in [0.29, 0.717) is 0 Å². The Hall–Kier alpha value is -0.0400. The van der Waals surface area contributed by atoms with E-state index in [4.69, 9.17) is 4.74 Å². The Bertz CT molecular complexity index is 126. The van der Waals surface area contributed by atoms with Crippen LogP contribution in [0.15, 0.2) is 0 Å². The zero-order chi connectivity index (χ0) is 7.84. The van der Waals surface area contributed by atoms with Crippen molar-refractivity contribution in [3.05, 3.63) is 0 Å². The highest BCUT2D eigenvalue weighted by Gasteiger charge is 2.40. The fourth-order valence-electron chi connectivity index (χ4n) is 3.05. The fourth-order valence-corrected chi connectivity index (χ4v) is 3.05. The molecule has 0 radical (unpaired) electrons. The van der Waals surface area contributed by atoms with Crippen LogP contribution in [0.4, 0.5) is 0 Å². The van der Waals surface area contributed by atoms with Gasteiger partial charge in [0.2, 0.25) is 0 Å². The maximum Gasteiger partial charge on any atom is 0.0497 e. The molecule has 0 aromatic heterocycles. The molecule has 1 saturated heterocycles. The molecule has 1 aliphatic carbocycles. The second-order valence-electron chi connectivity index (χ2n) is 4.46. The second-order valence-corrected chi connectivity index (χ2v) is 4.46. The molecule has 2 bridgehead atoms. The van der Waals surface area contributed by atoms with Crippen molar-refractivity contribution >= 4 is 0 Å². The Morgan fingerprint density at radius 3 is 2.00 bits per heavy atom. The summed E-state index contributed by atoms with van der Waals surface area (Å²) in [6.07, 6.45) is 2.85. The van der Waals surface area contributed by atoms with Gasteiger partial charge in [-0.1, -0.05) is 13.8 Å². The molecule has 2 fully saturated rings. The molecule has 3 atom stereocenters. The van der Waals surface area contributed by atoms with Crippen molar-refractivity contribution in [1.82, 2.24) is 0 Å². The van der Waals surface area contributed by atoms with Gasteiger partial charge < -0.3 is 4.74 Å². The van der Waals surface area contributed by atoms with E-state index < -0.39 is 0 Å². The lowest BCUT2D eigenvalue weighted by molar-refractivity contribution is -0.00875. The third kappa shape index (κ3) is 1.20. The first-order chi connectivity index (χ1) is 5.29. The molecule has 1 nitrogen and oxygen atoms in total. The second kappa shape index (κ2) is 2.78. The summed E-state index contributed by atoms with van der Waals surface area (Å²) in [5, 5.41) is 0. The lowest BCUT2D eigenvalue weighted by atomic mass is 9.80. The van der Waals surface area contributed by atoms with Crippen LogP contribution >= 0.6 is 0 Å². The summed E-state index contributed by atoms with van der Waals surface area (Å²) >= 11 is 0. The van der Waals surface area contributed by atoms with Crippen LogP contribution in [0.25, 0.3) is 0 Å².